The molecule has 0 unspecified atom stereocenters. The molecular weight excluding hydrogens is 543 g/mol. The number of pyridine rings is 1. The van der Waals surface area contributed by atoms with Gasteiger partial charge in [0.15, 0.2) is 0 Å². The average Bonchev–Trinajstić information content (AvgIpc) is 3.67. The molecule has 1 aliphatic carbocycles. The molecule has 0 aliphatic heterocycles. The first kappa shape index (κ1) is 27.4. The highest BCUT2D eigenvalue weighted by molar-refractivity contribution is 5.80. The third-order valence-electron chi connectivity index (χ3n) is 7.97. The van der Waals surface area contributed by atoms with E-state index in [0.29, 0.717) is 24.2 Å². The van der Waals surface area contributed by atoms with E-state index in [2.05, 4.69) is 20.3 Å². The zero-order valence-corrected chi connectivity index (χ0v) is 22.6. The van der Waals surface area contributed by atoms with Gasteiger partial charge in [0.1, 0.15) is 12.2 Å². The van der Waals surface area contributed by atoms with Crippen molar-refractivity contribution < 1.29 is 18.0 Å². The fourth-order valence-electron chi connectivity index (χ4n) is 5.42. The number of alkyl halides is 3. The number of rotatable bonds is 9. The third-order valence-corrected chi connectivity index (χ3v) is 7.97. The zero-order chi connectivity index (χ0) is 29.3. The molecule has 214 valence electrons. The summed E-state index contributed by atoms with van der Waals surface area (Å²) in [4.78, 5) is 38.6. The number of nitrogens with zero attached hydrogens (tertiary/aromatic N) is 3. The summed E-state index contributed by atoms with van der Waals surface area (Å²) in [6, 6.07) is 18.3. The van der Waals surface area contributed by atoms with Crippen LogP contribution in [-0.2, 0) is 35.9 Å². The van der Waals surface area contributed by atoms with E-state index < -0.39 is 11.7 Å². The summed E-state index contributed by atoms with van der Waals surface area (Å²) in [5.74, 6) is -0.327. The Hall–Kier alpha value is -4.73. The van der Waals surface area contributed by atoms with Gasteiger partial charge < -0.3 is 10.3 Å². The van der Waals surface area contributed by atoms with Gasteiger partial charge >= 0.3 is 6.18 Å². The molecule has 1 aliphatic rings. The lowest BCUT2D eigenvalue weighted by atomic mass is 9.89. The normalized spacial score (nSPS) is 14.2. The second-order valence-corrected chi connectivity index (χ2v) is 10.7. The molecule has 1 fully saturated rings. The summed E-state index contributed by atoms with van der Waals surface area (Å²) >= 11 is 0. The molecule has 0 atom stereocenters. The summed E-state index contributed by atoms with van der Waals surface area (Å²) < 4.78 is 40.5. The summed E-state index contributed by atoms with van der Waals surface area (Å²) in [6.45, 7) is 0.0704. The Labute approximate surface area is 239 Å². The number of carbonyl (C=O) groups is 1. The van der Waals surface area contributed by atoms with Gasteiger partial charge in [-0.25, -0.2) is 0 Å². The first-order valence-electron chi connectivity index (χ1n) is 13.7. The highest BCUT2D eigenvalue weighted by atomic mass is 19.4. The predicted octanol–water partition coefficient (Wildman–Crippen LogP) is 5.79. The van der Waals surface area contributed by atoms with Crippen LogP contribution in [0.3, 0.4) is 0 Å². The summed E-state index contributed by atoms with van der Waals surface area (Å²) in [5, 5.41) is 3.82. The van der Waals surface area contributed by atoms with E-state index in [1.165, 1.54) is 16.7 Å². The molecule has 0 radical (unpaired) electrons. The lowest BCUT2D eigenvalue weighted by Crippen LogP contribution is -2.35. The van der Waals surface area contributed by atoms with Crippen molar-refractivity contribution in [3.8, 4) is 11.3 Å². The van der Waals surface area contributed by atoms with Crippen LogP contribution in [0.1, 0.15) is 41.8 Å². The van der Waals surface area contributed by atoms with E-state index >= 15 is 0 Å². The van der Waals surface area contributed by atoms with Gasteiger partial charge in [0.05, 0.1) is 24.0 Å². The summed E-state index contributed by atoms with van der Waals surface area (Å²) in [5.41, 5.74) is 2.87. The maximum absolute atomic E-state index is 13.7. The number of carbonyl (C=O) groups excluding carboxylic acids is 1. The molecule has 1 amide bonds. The lowest BCUT2D eigenvalue weighted by molar-refractivity contribution is -0.137. The van der Waals surface area contributed by atoms with Crippen LogP contribution < -0.4 is 10.9 Å². The number of halogens is 3. The molecule has 5 aromatic rings. The molecule has 7 nitrogen and oxygen atoms in total. The Bertz CT molecular complexity index is 1760. The van der Waals surface area contributed by atoms with Gasteiger partial charge in [-0.1, -0.05) is 42.5 Å². The standard InChI is InChI=1S/C32H28F3N5O2/c33-32(34,35)24-8-6-23(7-9-24)31(13-14-31)12-10-27-30(42)40(28(19-37-27)21-4-2-1-3-5-21)20-29(41)38-18-25-16-22-17-36-15-11-26(22)39-25/h1-9,11,15-17,19,39H,10,12-14,18,20H2,(H,38,41). The minimum absolute atomic E-state index is 0.190. The van der Waals surface area contributed by atoms with Crippen LogP contribution in [0.4, 0.5) is 13.2 Å². The third kappa shape index (κ3) is 5.70. The molecule has 6 rings (SSSR count). The number of amides is 1. The number of hydrogen-bond acceptors (Lipinski definition) is 4. The molecular formula is C32H28F3N5O2. The van der Waals surface area contributed by atoms with E-state index in [1.807, 2.05) is 42.5 Å². The smallest absolute Gasteiger partial charge is 0.357 e. The average molecular weight is 572 g/mol. The van der Waals surface area contributed by atoms with Crippen molar-refractivity contribution in [2.24, 2.45) is 0 Å². The predicted molar refractivity (Wildman–Crippen MR) is 153 cm³/mol. The molecule has 0 spiro atoms. The van der Waals surface area contributed by atoms with Gasteiger partial charge in [-0.05, 0) is 66.5 Å². The maximum atomic E-state index is 13.7. The quantitative estimate of drug-likeness (QED) is 0.234. The van der Waals surface area contributed by atoms with E-state index in [1.54, 1.807) is 18.6 Å². The number of aromatic amines is 1. The fourth-order valence-corrected chi connectivity index (χ4v) is 5.42. The summed E-state index contributed by atoms with van der Waals surface area (Å²) in [7, 11) is 0. The van der Waals surface area contributed by atoms with Crippen molar-refractivity contribution in [3.63, 3.8) is 0 Å². The lowest BCUT2D eigenvalue weighted by Gasteiger charge is -2.18. The Morgan fingerprint density at radius 1 is 1.02 bits per heavy atom. The number of H-pyrrole nitrogens is 1. The van der Waals surface area contributed by atoms with Gasteiger partial charge in [0.2, 0.25) is 5.91 Å². The van der Waals surface area contributed by atoms with Gasteiger partial charge in [-0.15, -0.1) is 0 Å². The molecule has 10 heteroatoms. The van der Waals surface area contributed by atoms with Crippen molar-refractivity contribution >= 4 is 16.8 Å². The second-order valence-electron chi connectivity index (χ2n) is 10.7. The number of aromatic nitrogens is 4. The van der Waals surface area contributed by atoms with E-state index in [4.69, 9.17) is 0 Å². The van der Waals surface area contributed by atoms with Gasteiger partial charge in [0, 0.05) is 29.0 Å². The van der Waals surface area contributed by atoms with Crippen molar-refractivity contribution in [2.75, 3.05) is 0 Å². The Kier molecular flexibility index (Phi) is 7.14. The van der Waals surface area contributed by atoms with Crippen LogP contribution in [0.2, 0.25) is 0 Å². The van der Waals surface area contributed by atoms with Gasteiger partial charge in [-0.2, -0.15) is 13.2 Å². The topological polar surface area (TPSA) is 92.7 Å². The summed E-state index contributed by atoms with van der Waals surface area (Å²) in [6.07, 6.45) is 3.25. The Morgan fingerprint density at radius 3 is 2.48 bits per heavy atom. The molecule has 2 N–H and O–H groups in total. The van der Waals surface area contributed by atoms with E-state index in [-0.39, 0.29) is 30.0 Å². The number of nitrogens with one attached hydrogen (secondary N) is 2. The molecule has 0 saturated heterocycles. The monoisotopic (exact) mass is 571 g/mol. The van der Waals surface area contributed by atoms with Crippen LogP contribution in [0.25, 0.3) is 22.2 Å². The van der Waals surface area contributed by atoms with Crippen LogP contribution in [-0.4, -0.2) is 25.4 Å². The SMILES string of the molecule is O=C(Cn1c(-c2ccccc2)cnc(CCC2(c3ccc(C(F)(F)F)cc3)CC2)c1=O)NCc1cc2cnccc2[nH]1. The highest BCUT2D eigenvalue weighted by Gasteiger charge is 2.44. The molecule has 42 heavy (non-hydrogen) atoms. The van der Waals surface area contributed by atoms with Crippen LogP contribution >= 0.6 is 0 Å². The number of hydrogen-bond donors (Lipinski definition) is 2. The largest absolute Gasteiger partial charge is 0.416 e. The minimum Gasteiger partial charge on any atom is -0.357 e. The van der Waals surface area contributed by atoms with Crippen LogP contribution in [0.5, 0.6) is 0 Å². The van der Waals surface area contributed by atoms with E-state index in [0.717, 1.165) is 52.7 Å². The van der Waals surface area contributed by atoms with Crippen molar-refractivity contribution in [2.45, 2.75) is 50.4 Å². The number of benzene rings is 2. The number of aryl methyl sites for hydroxylation is 1. The van der Waals surface area contributed by atoms with Crippen LogP contribution in [0.15, 0.2) is 90.1 Å². The second kappa shape index (κ2) is 10.9. The molecule has 3 aromatic heterocycles. The van der Waals surface area contributed by atoms with Gasteiger partial charge in [0.25, 0.3) is 5.56 Å². The van der Waals surface area contributed by atoms with Crippen LogP contribution in [0, 0.1) is 0 Å². The van der Waals surface area contributed by atoms with Crippen molar-refractivity contribution in [3.05, 3.63) is 118 Å². The fraction of sp³-hybridized carbons (Fsp3) is 0.250. The van der Waals surface area contributed by atoms with Crippen molar-refractivity contribution in [1.29, 1.82) is 0 Å². The highest BCUT2D eigenvalue weighted by Crippen LogP contribution is 2.51. The first-order chi connectivity index (χ1) is 20.2. The molecule has 3 heterocycles. The Morgan fingerprint density at radius 2 is 1.79 bits per heavy atom. The van der Waals surface area contributed by atoms with Gasteiger partial charge in [-0.3, -0.25) is 24.1 Å². The molecule has 1 saturated carbocycles. The zero-order valence-electron chi connectivity index (χ0n) is 22.6. The van der Waals surface area contributed by atoms with Crippen molar-refractivity contribution in [1.82, 2.24) is 24.8 Å². The first-order valence-corrected chi connectivity index (χ1v) is 13.7. The molecule has 0 bridgehead atoms. The Balaban J connectivity index is 1.21. The maximum Gasteiger partial charge on any atom is 0.416 e. The molecule has 2 aromatic carbocycles. The number of fused-ring (bicyclic) bond motifs is 1. The van der Waals surface area contributed by atoms with E-state index in [9.17, 15) is 22.8 Å². The minimum atomic E-state index is -4.38.